The fourth-order valence-electron chi connectivity index (χ4n) is 2.55. The third-order valence-electron chi connectivity index (χ3n) is 3.66. The Morgan fingerprint density at radius 3 is 2.25 bits per heavy atom. The van der Waals surface area contributed by atoms with Crippen LogP contribution >= 0.6 is 7.60 Å². The summed E-state index contributed by atoms with van der Waals surface area (Å²) in [5.41, 5.74) is -1.61. The second-order valence-electron chi connectivity index (χ2n) is 5.72. The molecule has 0 fully saturated rings. The molecule has 28 heavy (non-hydrogen) atoms. The Morgan fingerprint density at radius 2 is 1.75 bits per heavy atom. The molecule has 0 aliphatic heterocycles. The lowest BCUT2D eigenvalue weighted by molar-refractivity contribution is 0.160. The highest BCUT2D eigenvalue weighted by Crippen LogP contribution is 2.47. The van der Waals surface area contributed by atoms with E-state index in [1.807, 2.05) is 5.32 Å². The van der Waals surface area contributed by atoms with E-state index in [1.54, 1.807) is 20.8 Å². The molecule has 0 bridgehead atoms. The molecular formula is C16H27N2O9P. The summed E-state index contributed by atoms with van der Waals surface area (Å²) in [5, 5.41) is 20.8. The first-order valence-corrected chi connectivity index (χ1v) is 10.7. The minimum Gasteiger partial charge on any atom is -0.488 e. The Labute approximate surface area is 162 Å². The minimum atomic E-state index is -3.44. The Hall–Kier alpha value is -1.94. The van der Waals surface area contributed by atoms with Gasteiger partial charge in [0, 0.05) is 19.6 Å². The quantitative estimate of drug-likeness (QED) is 0.283. The Balaban J connectivity index is 3.03. The standard InChI is InChI=1S/C16H27N2O9P/c1-4-25-15-12(13(20)14(15)21)18(10-11(19)9-17-16(22)23)7-8-28(24,26-5-2)27-6-3/h11,17,19H,4-10H2,1-3H3,(H,22,23). The van der Waals surface area contributed by atoms with Gasteiger partial charge in [0.25, 0.3) is 10.9 Å². The zero-order chi connectivity index (χ0) is 21.3. The van der Waals surface area contributed by atoms with Crippen molar-refractivity contribution < 1.29 is 33.4 Å². The van der Waals surface area contributed by atoms with Crippen LogP contribution in [-0.2, 0) is 13.6 Å². The molecule has 160 valence electrons. The number of aliphatic hydroxyl groups is 1. The average molecular weight is 422 g/mol. The number of anilines is 1. The maximum atomic E-state index is 12.7. The average Bonchev–Trinajstić information content (AvgIpc) is 2.64. The molecule has 0 saturated carbocycles. The molecule has 3 N–H and O–H groups in total. The zero-order valence-electron chi connectivity index (χ0n) is 16.2. The van der Waals surface area contributed by atoms with Gasteiger partial charge in [-0.15, -0.1) is 0 Å². The lowest BCUT2D eigenvalue weighted by Gasteiger charge is -2.30. The van der Waals surface area contributed by atoms with E-state index in [4.69, 9.17) is 18.9 Å². The summed E-state index contributed by atoms with van der Waals surface area (Å²) < 4.78 is 28.3. The van der Waals surface area contributed by atoms with Gasteiger partial charge >= 0.3 is 13.7 Å². The Kier molecular flexibility index (Phi) is 9.60. The van der Waals surface area contributed by atoms with Crippen molar-refractivity contribution in [3.8, 4) is 5.75 Å². The lowest BCUT2D eigenvalue weighted by Crippen LogP contribution is -2.47. The first-order chi connectivity index (χ1) is 13.2. The second kappa shape index (κ2) is 11.2. The molecule has 1 rings (SSSR count). The van der Waals surface area contributed by atoms with E-state index in [2.05, 4.69) is 0 Å². The van der Waals surface area contributed by atoms with E-state index in [-0.39, 0.29) is 57.1 Å². The predicted octanol–water partition coefficient (Wildman–Crippen LogP) is 0.382. The van der Waals surface area contributed by atoms with Gasteiger partial charge < -0.3 is 34.2 Å². The highest BCUT2D eigenvalue weighted by Gasteiger charge is 2.31. The first-order valence-electron chi connectivity index (χ1n) is 8.93. The SMILES string of the molecule is CCOc1c(N(CCP(=O)(OCC)OCC)CC(O)CNC(=O)O)c(=O)c1=O. The van der Waals surface area contributed by atoms with Gasteiger partial charge in [-0.3, -0.25) is 14.2 Å². The molecule has 0 aromatic heterocycles. The summed E-state index contributed by atoms with van der Waals surface area (Å²) in [4.78, 5) is 35.7. The van der Waals surface area contributed by atoms with Gasteiger partial charge in [0.1, 0.15) is 5.69 Å². The minimum absolute atomic E-state index is 0.0354. The molecule has 1 unspecified atom stereocenters. The number of carboxylic acid groups (broad SMARTS) is 1. The van der Waals surface area contributed by atoms with Crippen LogP contribution in [0.2, 0.25) is 0 Å². The highest BCUT2D eigenvalue weighted by atomic mass is 31.2. The van der Waals surface area contributed by atoms with Crippen LogP contribution < -0.4 is 25.8 Å². The van der Waals surface area contributed by atoms with Gasteiger partial charge in [-0.1, -0.05) is 0 Å². The van der Waals surface area contributed by atoms with E-state index in [1.165, 1.54) is 4.90 Å². The van der Waals surface area contributed by atoms with Crippen molar-refractivity contribution in [2.24, 2.45) is 0 Å². The number of ether oxygens (including phenoxy) is 1. The molecule has 0 saturated heterocycles. The van der Waals surface area contributed by atoms with Crippen molar-refractivity contribution in [1.29, 1.82) is 0 Å². The van der Waals surface area contributed by atoms with Crippen LogP contribution in [0.4, 0.5) is 10.5 Å². The number of nitrogens with zero attached hydrogens (tertiary/aromatic N) is 1. The number of hydrogen-bond donors (Lipinski definition) is 3. The molecule has 12 heteroatoms. The third kappa shape index (κ3) is 6.59. The number of nitrogens with one attached hydrogen (secondary N) is 1. The van der Waals surface area contributed by atoms with Gasteiger partial charge in [-0.25, -0.2) is 4.79 Å². The predicted molar refractivity (Wildman–Crippen MR) is 102 cm³/mol. The normalized spacial score (nSPS) is 12.7. The van der Waals surface area contributed by atoms with Crippen molar-refractivity contribution in [2.45, 2.75) is 26.9 Å². The maximum Gasteiger partial charge on any atom is 0.404 e. The largest absolute Gasteiger partial charge is 0.488 e. The van der Waals surface area contributed by atoms with Gasteiger partial charge in [-0.2, -0.15) is 0 Å². The van der Waals surface area contributed by atoms with Crippen LogP contribution in [0.15, 0.2) is 9.59 Å². The summed E-state index contributed by atoms with van der Waals surface area (Å²) >= 11 is 0. The number of amides is 1. The van der Waals surface area contributed by atoms with Gasteiger partial charge in [0.2, 0.25) is 0 Å². The van der Waals surface area contributed by atoms with Crippen LogP contribution in [0.25, 0.3) is 0 Å². The number of hydrogen-bond acceptors (Lipinski definition) is 9. The van der Waals surface area contributed by atoms with Crippen molar-refractivity contribution in [3.63, 3.8) is 0 Å². The van der Waals surface area contributed by atoms with Gasteiger partial charge in [-0.05, 0) is 20.8 Å². The molecule has 1 amide bonds. The summed E-state index contributed by atoms with van der Waals surface area (Å²) in [6.07, 6.45) is -2.60. The van der Waals surface area contributed by atoms with E-state index >= 15 is 0 Å². The fraction of sp³-hybridized carbons (Fsp3) is 0.688. The number of rotatable bonds is 14. The number of carbonyl (C=O) groups is 1. The highest BCUT2D eigenvalue weighted by molar-refractivity contribution is 7.53. The fourth-order valence-corrected chi connectivity index (χ4v) is 4.15. The molecule has 1 aromatic carbocycles. The maximum absolute atomic E-state index is 12.7. The molecule has 11 nitrogen and oxygen atoms in total. The van der Waals surface area contributed by atoms with Crippen molar-refractivity contribution >= 4 is 19.4 Å². The number of aliphatic hydroxyl groups excluding tert-OH is 1. The topological polar surface area (TPSA) is 152 Å². The first kappa shape index (κ1) is 24.1. The van der Waals surface area contributed by atoms with E-state index in [9.17, 15) is 24.1 Å². The van der Waals surface area contributed by atoms with Gasteiger partial charge in [0.05, 0.1) is 32.1 Å². The molecule has 0 aliphatic rings. The second-order valence-corrected chi connectivity index (χ2v) is 7.91. The van der Waals surface area contributed by atoms with Crippen LogP contribution in [0, 0.1) is 0 Å². The van der Waals surface area contributed by atoms with Crippen molar-refractivity contribution in [2.75, 3.05) is 50.5 Å². The van der Waals surface area contributed by atoms with Crippen LogP contribution in [0.3, 0.4) is 0 Å². The van der Waals surface area contributed by atoms with Crippen LogP contribution in [0.1, 0.15) is 20.8 Å². The summed E-state index contributed by atoms with van der Waals surface area (Å²) in [7, 11) is -3.44. The summed E-state index contributed by atoms with van der Waals surface area (Å²) in [5.74, 6) is -0.131. The van der Waals surface area contributed by atoms with E-state index in [0.29, 0.717) is 0 Å². The zero-order valence-corrected chi connectivity index (χ0v) is 17.1. The third-order valence-corrected chi connectivity index (χ3v) is 5.71. The van der Waals surface area contributed by atoms with Crippen molar-refractivity contribution in [3.05, 3.63) is 20.4 Å². The molecule has 0 aliphatic carbocycles. The molecule has 0 radical (unpaired) electrons. The van der Waals surface area contributed by atoms with Crippen LogP contribution in [0.5, 0.6) is 5.75 Å². The van der Waals surface area contributed by atoms with E-state index < -0.39 is 30.7 Å². The monoisotopic (exact) mass is 422 g/mol. The summed E-state index contributed by atoms with van der Waals surface area (Å²) in [6.45, 7) is 4.93. The molecule has 1 aromatic rings. The van der Waals surface area contributed by atoms with Crippen LogP contribution in [-0.4, -0.2) is 68.0 Å². The molecule has 0 spiro atoms. The smallest absolute Gasteiger partial charge is 0.404 e. The van der Waals surface area contributed by atoms with Crippen molar-refractivity contribution in [1.82, 2.24) is 5.32 Å². The van der Waals surface area contributed by atoms with Gasteiger partial charge in [0.15, 0.2) is 5.75 Å². The summed E-state index contributed by atoms with van der Waals surface area (Å²) in [6, 6.07) is 0. The lowest BCUT2D eigenvalue weighted by atomic mass is 10.1. The Morgan fingerprint density at radius 1 is 1.14 bits per heavy atom. The van der Waals surface area contributed by atoms with E-state index in [0.717, 1.165) is 0 Å². The molecule has 0 heterocycles. The molecule has 1 atom stereocenters. The Bertz CT molecular complexity index is 750. The molecular weight excluding hydrogens is 395 g/mol.